The van der Waals surface area contributed by atoms with Crippen molar-refractivity contribution >= 4 is 11.9 Å². The van der Waals surface area contributed by atoms with Gasteiger partial charge in [0.1, 0.15) is 12.2 Å². The number of carboxylic acids is 1. The van der Waals surface area contributed by atoms with E-state index in [9.17, 15) is 18.0 Å². The Labute approximate surface area is 174 Å². The van der Waals surface area contributed by atoms with E-state index >= 15 is 0 Å². The zero-order valence-electron chi connectivity index (χ0n) is 16.1. The van der Waals surface area contributed by atoms with E-state index in [1.165, 1.54) is 12.4 Å². The molecule has 9 nitrogen and oxygen atoms in total. The summed E-state index contributed by atoms with van der Waals surface area (Å²) in [6.07, 6.45) is 1.14. The van der Waals surface area contributed by atoms with Gasteiger partial charge in [-0.2, -0.15) is 23.4 Å². The standard InChI is InChI=1S/C17H18N4O3.C2HF3O2/c22-17(12-6-8-19-20-11-12)21-9-10-23-16-13(21)4-5-14(16)24-15-3-1-2-7-18-15;3-2(4,5)1(6)7/h1-3,6-8,11,13-14,16H,4-5,9-10H2;(H,6,7)/t13-,14+,16+;/m0./s1. The normalized spacial score (nSPS) is 22.7. The van der Waals surface area contributed by atoms with Crippen LogP contribution in [0.4, 0.5) is 13.2 Å². The van der Waals surface area contributed by atoms with Crippen molar-refractivity contribution in [1.82, 2.24) is 20.1 Å². The van der Waals surface area contributed by atoms with Gasteiger partial charge in [-0.15, -0.1) is 0 Å². The molecule has 2 aliphatic rings. The van der Waals surface area contributed by atoms with Gasteiger partial charge in [0.05, 0.1) is 30.6 Å². The molecule has 1 amide bonds. The average molecular weight is 440 g/mol. The number of alkyl halides is 3. The molecule has 1 aliphatic heterocycles. The van der Waals surface area contributed by atoms with Gasteiger partial charge < -0.3 is 19.5 Å². The molecule has 0 spiro atoms. The lowest BCUT2D eigenvalue weighted by Gasteiger charge is -2.38. The lowest BCUT2D eigenvalue weighted by molar-refractivity contribution is -0.192. The molecule has 12 heteroatoms. The van der Waals surface area contributed by atoms with Gasteiger partial charge in [0.2, 0.25) is 5.88 Å². The third kappa shape index (κ3) is 5.66. The highest BCUT2D eigenvalue weighted by atomic mass is 19.4. The summed E-state index contributed by atoms with van der Waals surface area (Å²) in [5.74, 6) is -2.19. The number of amides is 1. The fourth-order valence-corrected chi connectivity index (χ4v) is 3.45. The Morgan fingerprint density at radius 1 is 1.16 bits per heavy atom. The molecule has 3 heterocycles. The molecule has 1 saturated heterocycles. The number of rotatable bonds is 3. The molecule has 0 radical (unpaired) electrons. The van der Waals surface area contributed by atoms with Crippen molar-refractivity contribution < 1.29 is 37.3 Å². The zero-order chi connectivity index (χ0) is 22.4. The summed E-state index contributed by atoms with van der Waals surface area (Å²) in [6, 6.07) is 7.29. The van der Waals surface area contributed by atoms with Crippen LogP contribution < -0.4 is 4.74 Å². The molecule has 31 heavy (non-hydrogen) atoms. The highest BCUT2D eigenvalue weighted by Gasteiger charge is 2.46. The monoisotopic (exact) mass is 440 g/mol. The van der Waals surface area contributed by atoms with Crippen molar-refractivity contribution in [1.29, 1.82) is 0 Å². The van der Waals surface area contributed by atoms with Gasteiger partial charge in [-0.05, 0) is 25.0 Å². The Balaban J connectivity index is 0.000000339. The first-order chi connectivity index (χ1) is 14.8. The number of nitrogens with zero attached hydrogens (tertiary/aromatic N) is 4. The number of morpholine rings is 1. The van der Waals surface area contributed by atoms with Crippen LogP contribution in [-0.4, -0.2) is 74.6 Å². The van der Waals surface area contributed by atoms with Crippen LogP contribution in [0.5, 0.6) is 5.88 Å². The molecule has 0 unspecified atom stereocenters. The van der Waals surface area contributed by atoms with Gasteiger partial charge in [-0.3, -0.25) is 4.79 Å². The highest BCUT2D eigenvalue weighted by molar-refractivity contribution is 5.94. The first-order valence-corrected chi connectivity index (χ1v) is 9.34. The van der Waals surface area contributed by atoms with Crippen molar-refractivity contribution in [2.75, 3.05) is 13.2 Å². The number of carboxylic acid groups (broad SMARTS) is 1. The number of aromatic nitrogens is 3. The first-order valence-electron chi connectivity index (χ1n) is 9.34. The maximum absolute atomic E-state index is 12.8. The van der Waals surface area contributed by atoms with Crippen LogP contribution in [-0.2, 0) is 9.53 Å². The third-order valence-electron chi connectivity index (χ3n) is 4.78. The summed E-state index contributed by atoms with van der Waals surface area (Å²) in [4.78, 5) is 27.7. The van der Waals surface area contributed by atoms with Crippen LogP contribution in [0, 0.1) is 0 Å². The van der Waals surface area contributed by atoms with Crippen molar-refractivity contribution in [3.05, 3.63) is 48.4 Å². The summed E-state index contributed by atoms with van der Waals surface area (Å²) < 4.78 is 43.6. The molecular weight excluding hydrogens is 421 g/mol. The molecule has 3 atom stereocenters. The SMILES string of the molecule is O=C(O)C(F)(F)F.O=C(c1ccnnc1)N1CCO[C@H]2[C@H](Oc3ccccn3)CC[C@@H]21. The van der Waals surface area contributed by atoms with Crippen LogP contribution in [0.25, 0.3) is 0 Å². The van der Waals surface area contributed by atoms with Crippen LogP contribution in [0.15, 0.2) is 42.9 Å². The minimum absolute atomic E-state index is 0.0214. The number of carbonyl (C=O) groups excluding carboxylic acids is 1. The molecule has 2 fully saturated rings. The first kappa shape index (κ1) is 22.4. The summed E-state index contributed by atoms with van der Waals surface area (Å²) in [7, 11) is 0. The van der Waals surface area contributed by atoms with E-state index in [-0.39, 0.29) is 24.2 Å². The second-order valence-corrected chi connectivity index (χ2v) is 6.74. The van der Waals surface area contributed by atoms with Crippen molar-refractivity contribution in [2.45, 2.75) is 37.3 Å². The Morgan fingerprint density at radius 2 is 1.94 bits per heavy atom. The van der Waals surface area contributed by atoms with E-state index in [0.29, 0.717) is 24.6 Å². The summed E-state index contributed by atoms with van der Waals surface area (Å²) in [5.41, 5.74) is 0.555. The Hall–Kier alpha value is -3.28. The number of halogens is 3. The lowest BCUT2D eigenvalue weighted by atomic mass is 10.1. The summed E-state index contributed by atoms with van der Waals surface area (Å²) >= 11 is 0. The Morgan fingerprint density at radius 3 is 2.55 bits per heavy atom. The van der Waals surface area contributed by atoms with Crippen LogP contribution in [0.1, 0.15) is 23.2 Å². The van der Waals surface area contributed by atoms with Crippen LogP contribution in [0.2, 0.25) is 0 Å². The van der Waals surface area contributed by atoms with Crippen LogP contribution >= 0.6 is 0 Å². The maximum Gasteiger partial charge on any atom is 0.490 e. The second kappa shape index (κ2) is 9.69. The number of pyridine rings is 1. The number of hydrogen-bond acceptors (Lipinski definition) is 7. The number of hydrogen-bond donors (Lipinski definition) is 1. The molecule has 1 aliphatic carbocycles. The molecule has 1 saturated carbocycles. The smallest absolute Gasteiger partial charge is 0.475 e. The summed E-state index contributed by atoms with van der Waals surface area (Å²) in [5, 5.41) is 14.6. The fourth-order valence-electron chi connectivity index (χ4n) is 3.45. The number of ether oxygens (including phenoxy) is 2. The molecule has 1 N–H and O–H groups in total. The van der Waals surface area contributed by atoms with Crippen molar-refractivity contribution in [3.63, 3.8) is 0 Å². The Bertz CT molecular complexity index is 885. The predicted molar refractivity (Wildman–Crippen MR) is 98.2 cm³/mol. The van der Waals surface area contributed by atoms with Crippen molar-refractivity contribution in [2.24, 2.45) is 0 Å². The topological polar surface area (TPSA) is 115 Å². The van der Waals surface area contributed by atoms with Crippen molar-refractivity contribution in [3.8, 4) is 5.88 Å². The highest BCUT2D eigenvalue weighted by Crippen LogP contribution is 2.33. The van der Waals surface area contributed by atoms with E-state index in [4.69, 9.17) is 19.4 Å². The third-order valence-corrected chi connectivity index (χ3v) is 4.78. The van der Waals surface area contributed by atoms with E-state index < -0.39 is 12.1 Å². The zero-order valence-corrected chi connectivity index (χ0v) is 16.1. The number of fused-ring (bicyclic) bond motifs is 1. The number of aliphatic carboxylic acids is 1. The van der Waals surface area contributed by atoms with E-state index in [2.05, 4.69) is 15.2 Å². The molecular formula is C19H19F3N4O5. The summed E-state index contributed by atoms with van der Waals surface area (Å²) in [6.45, 7) is 1.09. The van der Waals surface area contributed by atoms with E-state index in [0.717, 1.165) is 12.8 Å². The fraction of sp³-hybridized carbons (Fsp3) is 0.421. The van der Waals surface area contributed by atoms with Crippen LogP contribution in [0.3, 0.4) is 0 Å². The largest absolute Gasteiger partial charge is 0.490 e. The number of carbonyl (C=O) groups is 2. The lowest BCUT2D eigenvalue weighted by Crippen LogP contribution is -2.54. The molecule has 166 valence electrons. The molecule has 4 rings (SSSR count). The Kier molecular flexibility index (Phi) is 7.00. The van der Waals surface area contributed by atoms with Gasteiger partial charge in [-0.25, -0.2) is 9.78 Å². The minimum Gasteiger partial charge on any atom is -0.475 e. The average Bonchev–Trinajstić information content (AvgIpc) is 3.17. The van der Waals surface area contributed by atoms with E-state index in [1.54, 1.807) is 12.3 Å². The van der Waals surface area contributed by atoms with Gasteiger partial charge in [0.15, 0.2) is 0 Å². The molecule has 2 aromatic heterocycles. The second-order valence-electron chi connectivity index (χ2n) is 6.74. The van der Waals surface area contributed by atoms with Gasteiger partial charge in [0.25, 0.3) is 5.91 Å². The van der Waals surface area contributed by atoms with Gasteiger partial charge in [-0.1, -0.05) is 6.07 Å². The van der Waals surface area contributed by atoms with Gasteiger partial charge in [0, 0.05) is 18.8 Å². The quantitative estimate of drug-likeness (QED) is 0.770. The minimum atomic E-state index is -5.08. The molecule has 0 aromatic carbocycles. The van der Waals surface area contributed by atoms with Gasteiger partial charge >= 0.3 is 12.1 Å². The maximum atomic E-state index is 12.8. The molecule has 2 aromatic rings. The predicted octanol–water partition coefficient (Wildman–Crippen LogP) is 1.96. The molecule has 0 bridgehead atoms. The van der Waals surface area contributed by atoms with E-state index in [1.807, 2.05) is 23.1 Å².